The monoisotopic (exact) mass is 640 g/mol. The lowest BCUT2D eigenvalue weighted by Crippen LogP contribution is -2.46. The maximum absolute atomic E-state index is 14.0. The number of aliphatic hydroxyl groups is 1. The van der Waals surface area contributed by atoms with Gasteiger partial charge in [-0.2, -0.15) is 5.10 Å². The number of nitrogens with one attached hydrogen (secondary N) is 2. The Morgan fingerprint density at radius 1 is 1.28 bits per heavy atom. The summed E-state index contributed by atoms with van der Waals surface area (Å²) in [5.41, 5.74) is 1.33. The van der Waals surface area contributed by atoms with Gasteiger partial charge in [0.05, 0.1) is 12.1 Å². The summed E-state index contributed by atoms with van der Waals surface area (Å²) >= 11 is 0. The number of rotatable bonds is 15. The van der Waals surface area contributed by atoms with Gasteiger partial charge in [0, 0.05) is 37.5 Å². The highest BCUT2D eigenvalue weighted by Crippen LogP contribution is 2.27. The summed E-state index contributed by atoms with van der Waals surface area (Å²) in [7, 11) is 0. The van der Waals surface area contributed by atoms with Crippen molar-refractivity contribution >= 4 is 24.5 Å². The fourth-order valence-electron chi connectivity index (χ4n) is 4.55. The summed E-state index contributed by atoms with van der Waals surface area (Å²) in [6, 6.07) is 2.89. The largest absolute Gasteiger partial charge is 0.478 e. The van der Waals surface area contributed by atoms with Gasteiger partial charge in [-0.15, -0.1) is 0 Å². The van der Waals surface area contributed by atoms with Crippen LogP contribution in [0.3, 0.4) is 0 Å². The number of ether oxygens (including phenoxy) is 1. The van der Waals surface area contributed by atoms with E-state index < -0.39 is 42.1 Å². The smallest absolute Gasteiger partial charge is 0.327 e. The third kappa shape index (κ3) is 11.3. The van der Waals surface area contributed by atoms with E-state index in [0.717, 1.165) is 19.1 Å². The highest BCUT2D eigenvalue weighted by Gasteiger charge is 2.31. The Hall–Kier alpha value is -4.84. The molecule has 12 heteroatoms. The minimum atomic E-state index is -1.74. The van der Waals surface area contributed by atoms with Crippen LogP contribution in [0.25, 0.3) is 0 Å². The van der Waals surface area contributed by atoms with Gasteiger partial charge >= 0.3 is 5.97 Å². The fraction of sp³-hybridized carbons (Fsp3) is 0.353. The van der Waals surface area contributed by atoms with E-state index >= 15 is 0 Å². The molecule has 0 spiro atoms. The molecule has 2 rings (SSSR count). The first kappa shape index (κ1) is 37.3. The molecule has 0 fully saturated rings. The fourth-order valence-corrected chi connectivity index (χ4v) is 4.55. The normalized spacial score (nSPS) is 19.6. The molecule has 1 aliphatic carbocycles. The molecule has 0 bridgehead atoms. The van der Waals surface area contributed by atoms with Crippen LogP contribution >= 0.6 is 0 Å². The van der Waals surface area contributed by atoms with Crippen LogP contribution in [-0.4, -0.2) is 58.2 Å². The highest BCUT2D eigenvalue weighted by molar-refractivity contribution is 6.00. The second-order valence-electron chi connectivity index (χ2n) is 10.5. The van der Waals surface area contributed by atoms with Gasteiger partial charge in [0.2, 0.25) is 6.36 Å². The van der Waals surface area contributed by atoms with Crippen LogP contribution in [0.15, 0.2) is 95.0 Å². The van der Waals surface area contributed by atoms with E-state index in [9.17, 15) is 28.3 Å². The van der Waals surface area contributed by atoms with Crippen molar-refractivity contribution in [2.75, 3.05) is 0 Å². The lowest BCUT2D eigenvalue weighted by atomic mass is 9.96. The number of halogens is 2. The molecule has 0 saturated heterocycles. The van der Waals surface area contributed by atoms with Gasteiger partial charge in [-0.05, 0) is 68.4 Å². The van der Waals surface area contributed by atoms with Crippen molar-refractivity contribution in [2.24, 2.45) is 11.0 Å². The zero-order chi connectivity index (χ0) is 34.4. The first-order valence-corrected chi connectivity index (χ1v) is 14.7. The van der Waals surface area contributed by atoms with Gasteiger partial charge in [-0.25, -0.2) is 18.6 Å². The number of allylic oxidation sites excluding steroid dienone is 5. The van der Waals surface area contributed by atoms with E-state index in [-0.39, 0.29) is 35.9 Å². The highest BCUT2D eigenvalue weighted by atomic mass is 19.1. The van der Waals surface area contributed by atoms with Crippen LogP contribution in [0, 0.1) is 11.7 Å². The maximum Gasteiger partial charge on any atom is 0.327 e. The zero-order valence-electron chi connectivity index (χ0n) is 26.5. The van der Waals surface area contributed by atoms with Crippen LogP contribution in [-0.2, 0) is 20.9 Å². The van der Waals surface area contributed by atoms with E-state index in [1.165, 1.54) is 29.3 Å². The van der Waals surface area contributed by atoms with E-state index in [0.29, 0.717) is 29.7 Å². The number of hydrazone groups is 1. The molecule has 4 N–H and O–H groups in total. The third-order valence-electron chi connectivity index (χ3n) is 6.98. The van der Waals surface area contributed by atoms with E-state index in [1.54, 1.807) is 26.0 Å². The topological polar surface area (TPSA) is 141 Å². The SMILES string of the molecule is C=NN(/C(C)=C\C)/C(=C\C(=C)C(=O)NCc1ccc(F)c(OC(C)F)c1)C(=O)NC1C(/C=C\CC)=CCC(/C=C/C(=O)O)C[C@H]1O. The summed E-state index contributed by atoms with van der Waals surface area (Å²) in [5, 5.41) is 30.9. The molecule has 248 valence electrons. The Balaban J connectivity index is 2.37. The van der Waals surface area contributed by atoms with Gasteiger partial charge in [-0.3, -0.25) is 9.59 Å². The lowest BCUT2D eigenvalue weighted by molar-refractivity contribution is -0.131. The molecule has 10 nitrogen and oxygen atoms in total. The molecule has 2 amide bonds. The molecule has 0 saturated carbocycles. The Morgan fingerprint density at radius 3 is 2.61 bits per heavy atom. The van der Waals surface area contributed by atoms with Crippen LogP contribution in [0.2, 0.25) is 0 Å². The first-order chi connectivity index (χ1) is 21.8. The number of hydrogen-bond acceptors (Lipinski definition) is 7. The minimum absolute atomic E-state index is 0.0779. The predicted molar refractivity (Wildman–Crippen MR) is 172 cm³/mol. The molecule has 46 heavy (non-hydrogen) atoms. The second-order valence-corrected chi connectivity index (χ2v) is 10.5. The molecule has 0 radical (unpaired) electrons. The predicted octanol–water partition coefficient (Wildman–Crippen LogP) is 5.21. The summed E-state index contributed by atoms with van der Waals surface area (Å²) in [6.07, 6.45) is 9.50. The molecular weight excluding hydrogens is 598 g/mol. The van der Waals surface area contributed by atoms with Crippen molar-refractivity contribution in [3.05, 3.63) is 101 Å². The molecule has 0 aromatic heterocycles. The minimum Gasteiger partial charge on any atom is -0.478 e. The summed E-state index contributed by atoms with van der Waals surface area (Å²) in [5.74, 6) is -3.79. The second kappa shape index (κ2) is 18.2. The van der Waals surface area contributed by atoms with Crippen LogP contribution in [0.5, 0.6) is 5.75 Å². The third-order valence-corrected chi connectivity index (χ3v) is 6.98. The van der Waals surface area contributed by atoms with Crippen molar-refractivity contribution in [2.45, 2.75) is 72.0 Å². The number of amides is 2. The summed E-state index contributed by atoms with van der Waals surface area (Å²) < 4.78 is 32.0. The Labute approximate surface area is 268 Å². The van der Waals surface area contributed by atoms with E-state index in [2.05, 4.69) is 29.0 Å². The lowest BCUT2D eigenvalue weighted by Gasteiger charge is -2.28. The number of nitrogens with zero attached hydrogens (tertiary/aromatic N) is 2. The first-order valence-electron chi connectivity index (χ1n) is 14.7. The molecule has 3 unspecified atom stereocenters. The number of alkyl halides is 1. The number of hydrogen-bond donors (Lipinski definition) is 4. The van der Waals surface area contributed by atoms with Gasteiger partial charge in [0.15, 0.2) is 11.6 Å². The Bertz CT molecular complexity index is 1450. The van der Waals surface area contributed by atoms with Crippen molar-refractivity contribution in [1.82, 2.24) is 15.6 Å². The molecule has 1 aliphatic rings. The van der Waals surface area contributed by atoms with E-state index in [1.807, 2.05) is 19.1 Å². The molecule has 0 aliphatic heterocycles. The number of benzene rings is 1. The number of carboxylic acid groups (broad SMARTS) is 1. The van der Waals surface area contributed by atoms with E-state index in [4.69, 9.17) is 9.84 Å². The number of carbonyl (C=O) groups excluding carboxylic acids is 2. The number of aliphatic carboxylic acids is 1. The van der Waals surface area contributed by atoms with Gasteiger partial charge in [0.1, 0.15) is 5.70 Å². The van der Waals surface area contributed by atoms with Crippen molar-refractivity contribution in [3.8, 4) is 5.75 Å². The molecule has 1 aromatic carbocycles. The number of carbonyl (C=O) groups is 3. The average molecular weight is 641 g/mol. The maximum atomic E-state index is 14.0. The summed E-state index contributed by atoms with van der Waals surface area (Å²) in [4.78, 5) is 37.9. The number of carboxylic acids is 1. The van der Waals surface area contributed by atoms with Gasteiger partial charge < -0.3 is 25.6 Å². The van der Waals surface area contributed by atoms with Crippen LogP contribution in [0.4, 0.5) is 8.78 Å². The molecule has 4 atom stereocenters. The van der Waals surface area contributed by atoms with Crippen molar-refractivity contribution < 1.29 is 38.1 Å². The van der Waals surface area contributed by atoms with Gasteiger partial charge in [-0.1, -0.05) is 49.9 Å². The van der Waals surface area contributed by atoms with Gasteiger partial charge in [0.25, 0.3) is 11.8 Å². The standard InChI is InChI=1S/C34H42F2N4O6/c1-7-9-10-26-14-11-24(13-16-31(42)43)18-29(41)32(26)39-34(45)28(40(37-6)22(4)8-2)17-21(3)33(44)38-20-25-12-15-27(36)30(19-25)46-23(5)35/h8-10,12-17,19,23-24,29,32,41H,3,6-7,11,18,20H2,1-2,4-5H3,(H,38,44)(H,39,45)(H,42,43)/b10-9-,16-13+,22-8-,28-17-/t23?,24?,29-,32?/m1/s1. The Morgan fingerprint density at radius 2 is 2.00 bits per heavy atom. The molecular formula is C34H42F2N4O6. The summed E-state index contributed by atoms with van der Waals surface area (Å²) in [6.45, 7) is 13.7. The van der Waals surface area contributed by atoms with Crippen molar-refractivity contribution in [1.29, 1.82) is 0 Å². The molecule has 0 heterocycles. The van der Waals surface area contributed by atoms with Crippen LogP contribution in [0.1, 0.15) is 52.5 Å². The number of aliphatic hydroxyl groups excluding tert-OH is 1. The average Bonchev–Trinajstić information content (AvgIpc) is 3.15. The molecule has 1 aromatic rings. The Kier molecular flexibility index (Phi) is 14.8. The van der Waals surface area contributed by atoms with Crippen molar-refractivity contribution in [3.63, 3.8) is 0 Å². The zero-order valence-corrected chi connectivity index (χ0v) is 26.5. The quantitative estimate of drug-likeness (QED) is 0.0894. The van der Waals surface area contributed by atoms with Crippen LogP contribution < -0.4 is 15.4 Å².